The number of ether oxygens (including phenoxy) is 1. The van der Waals surface area contributed by atoms with Crippen LogP contribution in [-0.2, 0) is 10.0 Å². The fourth-order valence-corrected chi connectivity index (χ4v) is 4.96. The van der Waals surface area contributed by atoms with Crippen molar-refractivity contribution in [2.24, 2.45) is 10.9 Å². The van der Waals surface area contributed by atoms with E-state index in [1.807, 2.05) is 24.0 Å². The van der Waals surface area contributed by atoms with Gasteiger partial charge in [0.1, 0.15) is 0 Å². The number of carbonyl (C=O) groups excluding carboxylic acids is 1. The smallest absolute Gasteiger partial charge is 0.280 e. The second-order valence-corrected chi connectivity index (χ2v) is 10.8. The van der Waals surface area contributed by atoms with E-state index >= 15 is 0 Å². The second kappa shape index (κ2) is 8.81. The van der Waals surface area contributed by atoms with Crippen molar-refractivity contribution in [1.29, 1.82) is 0 Å². The molecule has 5 rings (SSSR count). The summed E-state index contributed by atoms with van der Waals surface area (Å²) in [6, 6.07) is 9.24. The molecule has 2 aliphatic rings. The minimum atomic E-state index is -3.69. The number of guanidine groups is 1. The first kappa shape index (κ1) is 23.0. The third kappa shape index (κ3) is 4.51. The lowest BCUT2D eigenvalue weighted by Crippen LogP contribution is -2.35. The Hall–Kier alpha value is -3.73. The molecule has 0 aliphatic carbocycles. The Kier molecular flexibility index (Phi) is 5.79. The predicted octanol–water partition coefficient (Wildman–Crippen LogP) is 3.30. The van der Waals surface area contributed by atoms with Crippen LogP contribution in [0, 0.1) is 12.8 Å². The van der Waals surface area contributed by atoms with E-state index in [1.165, 1.54) is 12.4 Å². The summed E-state index contributed by atoms with van der Waals surface area (Å²) in [5.41, 5.74) is 4.10. The molecule has 0 radical (unpaired) electrons. The fourth-order valence-electron chi connectivity index (χ4n) is 4.29. The average molecular weight is 495 g/mol. The first-order valence-corrected chi connectivity index (χ1v) is 13.2. The number of benzene rings is 1. The molecular formula is C24H26N6O4S. The van der Waals surface area contributed by atoms with Crippen LogP contribution in [0.3, 0.4) is 0 Å². The number of anilines is 2. The molecule has 0 fully saturated rings. The minimum Gasteiger partial charge on any atom is -0.477 e. The number of rotatable bonds is 1. The number of pyridine rings is 1. The van der Waals surface area contributed by atoms with Crippen molar-refractivity contribution in [3.63, 3.8) is 0 Å². The zero-order valence-electron chi connectivity index (χ0n) is 19.7. The van der Waals surface area contributed by atoms with E-state index in [-0.39, 0.29) is 11.8 Å². The van der Waals surface area contributed by atoms with Gasteiger partial charge in [0.2, 0.25) is 11.8 Å². The molecule has 2 aliphatic heterocycles. The Balaban J connectivity index is 1.60. The van der Waals surface area contributed by atoms with E-state index in [9.17, 15) is 13.2 Å². The number of hydrogen-bond donors (Lipinski definition) is 1. The average Bonchev–Trinajstić information content (AvgIpc) is 3.38. The van der Waals surface area contributed by atoms with Gasteiger partial charge in [0.25, 0.3) is 15.9 Å². The number of hydrogen-bond acceptors (Lipinski definition) is 8. The van der Waals surface area contributed by atoms with E-state index in [0.717, 1.165) is 33.7 Å². The van der Waals surface area contributed by atoms with E-state index in [1.54, 1.807) is 12.1 Å². The normalized spacial score (nSPS) is 19.7. The minimum absolute atomic E-state index is 0.0881. The Bertz CT molecular complexity index is 1450. The molecule has 11 heteroatoms. The third-order valence-corrected chi connectivity index (χ3v) is 6.91. The van der Waals surface area contributed by atoms with Crippen LogP contribution >= 0.6 is 0 Å². The largest absolute Gasteiger partial charge is 0.477 e. The zero-order chi connectivity index (χ0) is 24.7. The summed E-state index contributed by atoms with van der Waals surface area (Å²) in [6.45, 7) is 5.13. The number of aliphatic imine (C=N–C) groups is 1. The van der Waals surface area contributed by atoms with Gasteiger partial charge in [-0.05, 0) is 55.5 Å². The van der Waals surface area contributed by atoms with Gasteiger partial charge in [0.05, 0.1) is 41.7 Å². The SMILES string of the molecule is Cc1ccc2c(c1)N1C[C@H](C)CCCOc3c(cnn3S(C)(=O)=O)-c3cc(ccn3)C(=O)/N=C/1N2. The Labute approximate surface area is 203 Å². The van der Waals surface area contributed by atoms with E-state index < -0.39 is 15.9 Å². The summed E-state index contributed by atoms with van der Waals surface area (Å²) in [5, 5.41) is 7.29. The van der Waals surface area contributed by atoms with Crippen LogP contribution in [0.1, 0.15) is 35.7 Å². The van der Waals surface area contributed by atoms with Crippen LogP contribution in [0.5, 0.6) is 5.88 Å². The van der Waals surface area contributed by atoms with Gasteiger partial charge < -0.3 is 15.0 Å². The van der Waals surface area contributed by atoms with E-state index in [4.69, 9.17) is 4.74 Å². The van der Waals surface area contributed by atoms with E-state index in [0.29, 0.717) is 42.4 Å². The molecule has 0 unspecified atom stereocenters. The molecule has 2 aromatic heterocycles. The number of amides is 1. The van der Waals surface area contributed by atoms with Gasteiger partial charge in [0.15, 0.2) is 0 Å². The number of fused-ring (bicyclic) bond motifs is 7. The van der Waals surface area contributed by atoms with Crippen molar-refractivity contribution in [2.75, 3.05) is 29.6 Å². The Morgan fingerprint density at radius 2 is 2.03 bits per heavy atom. The Morgan fingerprint density at radius 3 is 2.83 bits per heavy atom. The summed E-state index contributed by atoms with van der Waals surface area (Å²) < 4.78 is 31.3. The summed E-state index contributed by atoms with van der Waals surface area (Å²) in [4.78, 5) is 24.0. The van der Waals surface area contributed by atoms with Crippen molar-refractivity contribution in [1.82, 2.24) is 14.2 Å². The summed E-state index contributed by atoms with van der Waals surface area (Å²) in [7, 11) is -3.69. The summed E-state index contributed by atoms with van der Waals surface area (Å²) in [6.07, 6.45) is 5.47. The van der Waals surface area contributed by atoms with Crippen LogP contribution in [0.4, 0.5) is 11.4 Å². The first-order chi connectivity index (χ1) is 16.7. The monoisotopic (exact) mass is 494 g/mol. The van der Waals surface area contributed by atoms with Crippen LogP contribution < -0.4 is 15.0 Å². The van der Waals surface area contributed by atoms with Crippen molar-refractivity contribution in [3.05, 3.63) is 53.9 Å². The molecule has 4 heterocycles. The molecule has 1 amide bonds. The standard InChI is InChI=1S/C24H26N6O4S/c1-15-6-7-19-21(11-15)29-14-16(2)5-4-10-34-23-18(13-26-30(23)35(3,32)33)20-12-17(8-9-25-20)22(31)28-24(29)27-19/h6-9,11-13,16H,4-5,10,14H2,1-3H3,(H,27,28,31)/t16-/m1/s1. The molecule has 0 saturated heterocycles. The molecule has 2 bridgehead atoms. The number of carbonyl (C=O) groups is 1. The van der Waals surface area contributed by atoms with Crippen LogP contribution in [0.25, 0.3) is 11.3 Å². The molecule has 1 N–H and O–H groups in total. The molecule has 182 valence electrons. The summed E-state index contributed by atoms with van der Waals surface area (Å²) >= 11 is 0. The quantitative estimate of drug-likeness (QED) is 0.547. The van der Waals surface area contributed by atoms with Crippen molar-refractivity contribution >= 4 is 33.3 Å². The molecule has 0 spiro atoms. The molecule has 1 aromatic carbocycles. The molecule has 35 heavy (non-hydrogen) atoms. The highest BCUT2D eigenvalue weighted by Gasteiger charge is 2.28. The van der Waals surface area contributed by atoms with Gasteiger partial charge in [0, 0.05) is 18.3 Å². The molecule has 0 saturated carbocycles. The maximum atomic E-state index is 13.2. The Morgan fingerprint density at radius 1 is 1.20 bits per heavy atom. The summed E-state index contributed by atoms with van der Waals surface area (Å²) in [5.74, 6) is 0.383. The number of aryl methyl sites for hydroxylation is 1. The van der Waals surface area contributed by atoms with Crippen molar-refractivity contribution < 1.29 is 17.9 Å². The third-order valence-electron chi connectivity index (χ3n) is 6.02. The fraction of sp³-hybridized carbons (Fsp3) is 0.333. The lowest BCUT2D eigenvalue weighted by molar-refractivity contribution is 0.100. The molecule has 1 atom stereocenters. The van der Waals surface area contributed by atoms with E-state index in [2.05, 4.69) is 33.4 Å². The second-order valence-electron chi connectivity index (χ2n) is 8.99. The molecule has 3 aromatic rings. The van der Waals surface area contributed by atoms with Crippen molar-refractivity contribution in [3.8, 4) is 17.1 Å². The maximum Gasteiger partial charge on any atom is 0.280 e. The molecular weight excluding hydrogens is 468 g/mol. The van der Waals surface area contributed by atoms with Gasteiger partial charge in [-0.25, -0.2) is 8.42 Å². The van der Waals surface area contributed by atoms with Crippen LogP contribution in [0.2, 0.25) is 0 Å². The highest BCUT2D eigenvalue weighted by atomic mass is 32.2. The number of nitrogens with one attached hydrogen (secondary N) is 1. The number of aromatic nitrogens is 3. The van der Waals surface area contributed by atoms with Gasteiger partial charge in [-0.15, -0.1) is 4.09 Å². The lowest BCUT2D eigenvalue weighted by atomic mass is 10.0. The zero-order valence-corrected chi connectivity index (χ0v) is 20.5. The lowest BCUT2D eigenvalue weighted by Gasteiger charge is -2.23. The number of nitrogens with zero attached hydrogens (tertiary/aromatic N) is 5. The molecule has 10 nitrogen and oxygen atoms in total. The van der Waals surface area contributed by atoms with Crippen LogP contribution in [0.15, 0.2) is 47.7 Å². The van der Waals surface area contributed by atoms with Gasteiger partial charge >= 0.3 is 0 Å². The van der Waals surface area contributed by atoms with Crippen LogP contribution in [-0.4, -0.2) is 53.9 Å². The van der Waals surface area contributed by atoms with Gasteiger partial charge in [-0.3, -0.25) is 9.78 Å². The maximum absolute atomic E-state index is 13.2. The predicted molar refractivity (Wildman–Crippen MR) is 134 cm³/mol. The first-order valence-electron chi connectivity index (χ1n) is 11.4. The highest BCUT2D eigenvalue weighted by molar-refractivity contribution is 7.89. The van der Waals surface area contributed by atoms with Crippen molar-refractivity contribution in [2.45, 2.75) is 26.7 Å². The van der Waals surface area contributed by atoms with Gasteiger partial charge in [-0.1, -0.05) is 13.0 Å². The topological polar surface area (TPSA) is 119 Å². The highest BCUT2D eigenvalue weighted by Crippen LogP contribution is 2.35. The van der Waals surface area contributed by atoms with Gasteiger partial charge in [-0.2, -0.15) is 10.1 Å².